The van der Waals surface area contributed by atoms with Crippen molar-refractivity contribution in [2.24, 2.45) is 0 Å². The number of rotatable bonds is 6. The maximum absolute atomic E-state index is 12.7. The molecule has 136 valence electrons. The molecule has 26 heavy (non-hydrogen) atoms. The molecule has 0 unspecified atom stereocenters. The quantitative estimate of drug-likeness (QED) is 0.681. The van der Waals surface area contributed by atoms with E-state index in [0.717, 1.165) is 11.3 Å². The van der Waals surface area contributed by atoms with Crippen molar-refractivity contribution < 1.29 is 18.3 Å². The molecular weight excluding hydrogens is 342 g/mol. The minimum atomic E-state index is -2.95. The number of ether oxygens (including phenoxy) is 2. The summed E-state index contributed by atoms with van der Waals surface area (Å²) >= 11 is 0. The monoisotopic (exact) mass is 360 g/mol. The molecule has 2 aromatic carbocycles. The molecule has 6 nitrogen and oxygen atoms in total. The van der Waals surface area contributed by atoms with Crippen LogP contribution in [0.3, 0.4) is 0 Å². The average Bonchev–Trinajstić information content (AvgIpc) is 2.97. The summed E-state index contributed by atoms with van der Waals surface area (Å²) in [7, 11) is 1.60. The molecule has 2 N–H and O–H groups in total. The van der Waals surface area contributed by atoms with Gasteiger partial charge >= 0.3 is 6.61 Å². The number of hydrogen-bond donors (Lipinski definition) is 1. The van der Waals surface area contributed by atoms with E-state index in [1.165, 1.54) is 12.1 Å². The Labute approximate surface area is 149 Å². The van der Waals surface area contributed by atoms with Gasteiger partial charge in [0.2, 0.25) is 0 Å². The minimum absolute atomic E-state index is 0.00224. The predicted molar refractivity (Wildman–Crippen MR) is 93.3 cm³/mol. The first-order valence-electron chi connectivity index (χ1n) is 7.85. The van der Waals surface area contributed by atoms with Gasteiger partial charge in [-0.2, -0.15) is 8.78 Å². The largest absolute Gasteiger partial charge is 0.497 e. The molecule has 0 aliphatic carbocycles. The Kier molecular flexibility index (Phi) is 5.01. The summed E-state index contributed by atoms with van der Waals surface area (Å²) in [6.45, 7) is -0.697. The highest BCUT2D eigenvalue weighted by atomic mass is 19.3. The average molecular weight is 360 g/mol. The fourth-order valence-corrected chi connectivity index (χ4v) is 2.60. The lowest BCUT2D eigenvalue weighted by molar-refractivity contribution is -0.0494. The first-order valence-corrected chi connectivity index (χ1v) is 7.85. The summed E-state index contributed by atoms with van der Waals surface area (Å²) in [5.74, 6) is 1.79. The molecule has 3 rings (SSSR count). The van der Waals surface area contributed by atoms with Gasteiger partial charge in [0, 0.05) is 5.69 Å². The number of nitrogens with two attached hydrogens (primary N) is 1. The Bertz CT molecular complexity index is 895. The molecule has 3 aromatic rings. The van der Waals surface area contributed by atoms with E-state index in [0.29, 0.717) is 29.4 Å². The molecule has 0 saturated carbocycles. The van der Waals surface area contributed by atoms with Gasteiger partial charge in [-0.3, -0.25) is 0 Å². The number of nitrogens with zero attached hydrogens (tertiary/aromatic N) is 3. The Balaban J connectivity index is 2.01. The summed E-state index contributed by atoms with van der Waals surface area (Å²) in [5.41, 5.74) is 7.58. The molecule has 0 radical (unpaired) electrons. The second-order valence-corrected chi connectivity index (χ2v) is 5.64. The van der Waals surface area contributed by atoms with Crippen molar-refractivity contribution in [2.75, 3.05) is 12.8 Å². The standard InChI is InChI=1S/C18H18F2N4O2/c1-11-22-23-17(15-9-13(21)5-8-16(15)26-18(19)20)24(11)10-12-3-6-14(25-2)7-4-12/h3-9,18H,10,21H2,1-2H3. The van der Waals surface area contributed by atoms with Crippen LogP contribution in [-0.4, -0.2) is 28.5 Å². The van der Waals surface area contributed by atoms with Crippen LogP contribution in [0.25, 0.3) is 11.4 Å². The van der Waals surface area contributed by atoms with Gasteiger partial charge in [-0.25, -0.2) is 0 Å². The highest BCUT2D eigenvalue weighted by Crippen LogP contribution is 2.32. The van der Waals surface area contributed by atoms with Crippen molar-refractivity contribution in [2.45, 2.75) is 20.1 Å². The number of anilines is 1. The Morgan fingerprint density at radius 3 is 2.50 bits per heavy atom. The van der Waals surface area contributed by atoms with Crippen molar-refractivity contribution in [3.05, 3.63) is 53.9 Å². The molecular formula is C18H18F2N4O2. The molecule has 8 heteroatoms. The summed E-state index contributed by atoms with van der Waals surface area (Å²) in [5, 5.41) is 8.21. The van der Waals surface area contributed by atoms with Crippen molar-refractivity contribution in [1.29, 1.82) is 0 Å². The van der Waals surface area contributed by atoms with E-state index in [-0.39, 0.29) is 5.75 Å². The third-order valence-electron chi connectivity index (χ3n) is 3.90. The van der Waals surface area contributed by atoms with Crippen LogP contribution >= 0.6 is 0 Å². The normalized spacial score (nSPS) is 11.0. The minimum Gasteiger partial charge on any atom is -0.497 e. The van der Waals surface area contributed by atoms with E-state index in [4.69, 9.17) is 10.5 Å². The van der Waals surface area contributed by atoms with Gasteiger partial charge in [-0.1, -0.05) is 12.1 Å². The third kappa shape index (κ3) is 3.74. The molecule has 1 aromatic heterocycles. The number of nitrogen functional groups attached to an aromatic ring is 1. The Morgan fingerprint density at radius 1 is 1.12 bits per heavy atom. The highest BCUT2D eigenvalue weighted by molar-refractivity contribution is 5.69. The predicted octanol–water partition coefficient (Wildman–Crippen LogP) is 3.49. The van der Waals surface area contributed by atoms with Gasteiger partial charge in [-0.15, -0.1) is 10.2 Å². The zero-order valence-corrected chi connectivity index (χ0v) is 14.3. The van der Waals surface area contributed by atoms with E-state index >= 15 is 0 Å². The first kappa shape index (κ1) is 17.7. The second kappa shape index (κ2) is 7.38. The van der Waals surface area contributed by atoms with Crippen molar-refractivity contribution in [3.8, 4) is 22.9 Å². The molecule has 0 spiro atoms. The number of methoxy groups -OCH3 is 1. The zero-order chi connectivity index (χ0) is 18.7. The maximum atomic E-state index is 12.7. The van der Waals surface area contributed by atoms with Gasteiger partial charge in [-0.05, 0) is 42.8 Å². The number of benzene rings is 2. The molecule has 1 heterocycles. The third-order valence-corrected chi connectivity index (χ3v) is 3.90. The molecule has 0 atom stereocenters. The molecule has 0 amide bonds. The van der Waals surface area contributed by atoms with Crippen LogP contribution in [-0.2, 0) is 6.54 Å². The topological polar surface area (TPSA) is 75.2 Å². The second-order valence-electron chi connectivity index (χ2n) is 5.64. The number of hydrogen-bond acceptors (Lipinski definition) is 5. The molecule has 0 bridgehead atoms. The maximum Gasteiger partial charge on any atom is 0.387 e. The summed E-state index contributed by atoms with van der Waals surface area (Å²) in [4.78, 5) is 0. The van der Waals surface area contributed by atoms with E-state index < -0.39 is 6.61 Å². The van der Waals surface area contributed by atoms with Gasteiger partial charge in [0.1, 0.15) is 17.3 Å². The van der Waals surface area contributed by atoms with Gasteiger partial charge < -0.3 is 19.8 Å². The summed E-state index contributed by atoms with van der Waals surface area (Å²) in [6.07, 6.45) is 0. The van der Waals surface area contributed by atoms with Crippen LogP contribution < -0.4 is 15.2 Å². The number of aryl methyl sites for hydroxylation is 1. The SMILES string of the molecule is COc1ccc(Cn2c(C)nnc2-c2cc(N)ccc2OC(F)F)cc1. The number of alkyl halides is 2. The van der Waals surface area contributed by atoms with E-state index in [1.807, 2.05) is 28.8 Å². The van der Waals surface area contributed by atoms with Crippen LogP contribution in [0.2, 0.25) is 0 Å². The lowest BCUT2D eigenvalue weighted by Crippen LogP contribution is -2.08. The smallest absolute Gasteiger partial charge is 0.387 e. The van der Waals surface area contributed by atoms with Crippen molar-refractivity contribution in [3.63, 3.8) is 0 Å². The van der Waals surface area contributed by atoms with Crippen molar-refractivity contribution >= 4 is 5.69 Å². The van der Waals surface area contributed by atoms with Crippen LogP contribution in [0, 0.1) is 6.92 Å². The number of halogens is 2. The lowest BCUT2D eigenvalue weighted by atomic mass is 10.1. The van der Waals surface area contributed by atoms with Crippen LogP contribution in [0.15, 0.2) is 42.5 Å². The van der Waals surface area contributed by atoms with Crippen LogP contribution in [0.5, 0.6) is 11.5 Å². The van der Waals surface area contributed by atoms with Gasteiger partial charge in [0.25, 0.3) is 0 Å². The van der Waals surface area contributed by atoms with E-state index in [1.54, 1.807) is 20.1 Å². The van der Waals surface area contributed by atoms with E-state index in [9.17, 15) is 8.78 Å². The fourth-order valence-electron chi connectivity index (χ4n) is 2.60. The molecule has 0 aliphatic heterocycles. The number of aromatic nitrogens is 3. The molecule has 0 saturated heterocycles. The Morgan fingerprint density at radius 2 is 1.85 bits per heavy atom. The highest BCUT2D eigenvalue weighted by Gasteiger charge is 2.18. The Hall–Kier alpha value is -3.16. The van der Waals surface area contributed by atoms with Crippen molar-refractivity contribution in [1.82, 2.24) is 14.8 Å². The lowest BCUT2D eigenvalue weighted by Gasteiger charge is -2.13. The van der Waals surface area contributed by atoms with Crippen LogP contribution in [0.1, 0.15) is 11.4 Å². The first-order chi connectivity index (χ1) is 12.5. The van der Waals surface area contributed by atoms with Gasteiger partial charge in [0.05, 0.1) is 19.2 Å². The van der Waals surface area contributed by atoms with E-state index in [2.05, 4.69) is 14.9 Å². The summed E-state index contributed by atoms with van der Waals surface area (Å²) < 4.78 is 37.0. The molecule has 0 aliphatic rings. The zero-order valence-electron chi connectivity index (χ0n) is 14.3. The van der Waals surface area contributed by atoms with Crippen LogP contribution in [0.4, 0.5) is 14.5 Å². The fraction of sp³-hybridized carbons (Fsp3) is 0.222. The summed E-state index contributed by atoms with van der Waals surface area (Å²) in [6, 6.07) is 12.0. The molecule has 0 fully saturated rings. The van der Waals surface area contributed by atoms with Gasteiger partial charge in [0.15, 0.2) is 5.82 Å².